The van der Waals surface area contributed by atoms with Gasteiger partial charge in [0.05, 0.1) is 10.6 Å². The normalized spacial score (nSPS) is 10.5. The molecule has 1 amide bonds. The first-order chi connectivity index (χ1) is 9.08. The second-order valence-corrected chi connectivity index (χ2v) is 5.00. The third-order valence-corrected chi connectivity index (χ3v) is 3.13. The predicted octanol–water partition coefficient (Wildman–Crippen LogP) is 4.11. The summed E-state index contributed by atoms with van der Waals surface area (Å²) in [4.78, 5) is 16.0. The van der Waals surface area contributed by atoms with E-state index < -0.39 is 0 Å². The van der Waals surface area contributed by atoms with E-state index in [9.17, 15) is 4.79 Å². The third kappa shape index (κ3) is 3.32. The van der Waals surface area contributed by atoms with Gasteiger partial charge in [-0.25, -0.2) is 0 Å². The number of amides is 1. The molecule has 0 bridgehead atoms. The van der Waals surface area contributed by atoms with Gasteiger partial charge in [0.1, 0.15) is 0 Å². The molecular weight excluding hydrogens is 260 g/mol. The second kappa shape index (κ2) is 5.85. The van der Waals surface area contributed by atoms with Gasteiger partial charge in [-0.3, -0.25) is 9.78 Å². The van der Waals surface area contributed by atoms with E-state index in [1.165, 1.54) is 11.8 Å². The Morgan fingerprint density at radius 2 is 2.11 bits per heavy atom. The summed E-state index contributed by atoms with van der Waals surface area (Å²) in [6.45, 7) is 4.22. The first-order valence-corrected chi connectivity index (χ1v) is 6.46. The van der Waals surface area contributed by atoms with Crippen molar-refractivity contribution in [2.75, 3.05) is 5.32 Å². The third-order valence-electron chi connectivity index (χ3n) is 2.83. The number of nitrogens with zero attached hydrogens (tertiary/aromatic N) is 1. The molecule has 0 unspecified atom stereocenters. The maximum atomic E-state index is 12.1. The number of halogens is 1. The van der Waals surface area contributed by atoms with Crippen molar-refractivity contribution >= 4 is 23.2 Å². The van der Waals surface area contributed by atoms with Crippen molar-refractivity contribution < 1.29 is 4.79 Å². The fraction of sp³-hybridized carbons (Fsp3) is 0.200. The number of aromatic nitrogens is 1. The van der Waals surface area contributed by atoms with Crippen molar-refractivity contribution in [3.05, 3.63) is 58.9 Å². The minimum atomic E-state index is -0.228. The van der Waals surface area contributed by atoms with Gasteiger partial charge in [0.15, 0.2) is 0 Å². The van der Waals surface area contributed by atoms with E-state index in [0.717, 1.165) is 5.69 Å². The number of pyridine rings is 1. The lowest BCUT2D eigenvalue weighted by Crippen LogP contribution is -2.12. The Morgan fingerprint density at radius 3 is 2.79 bits per heavy atom. The van der Waals surface area contributed by atoms with Crippen LogP contribution < -0.4 is 5.32 Å². The van der Waals surface area contributed by atoms with Crippen molar-refractivity contribution in [2.45, 2.75) is 19.8 Å². The van der Waals surface area contributed by atoms with Crippen LogP contribution in [0.5, 0.6) is 0 Å². The topological polar surface area (TPSA) is 42.0 Å². The zero-order valence-corrected chi connectivity index (χ0v) is 11.6. The first kappa shape index (κ1) is 13.6. The fourth-order valence-electron chi connectivity index (χ4n) is 1.73. The highest BCUT2D eigenvalue weighted by Gasteiger charge is 2.10. The van der Waals surface area contributed by atoms with E-state index in [2.05, 4.69) is 24.1 Å². The summed E-state index contributed by atoms with van der Waals surface area (Å²) in [5, 5.41) is 3.19. The highest BCUT2D eigenvalue weighted by atomic mass is 35.5. The zero-order valence-electron chi connectivity index (χ0n) is 10.9. The predicted molar refractivity (Wildman–Crippen MR) is 77.7 cm³/mol. The van der Waals surface area contributed by atoms with Gasteiger partial charge in [0.25, 0.3) is 5.91 Å². The number of nitrogens with one attached hydrogen (secondary N) is 1. The SMILES string of the molecule is CC(C)c1cccc(NC(=O)c2ccncc2Cl)c1. The number of hydrogen-bond acceptors (Lipinski definition) is 2. The zero-order chi connectivity index (χ0) is 13.8. The molecule has 0 radical (unpaired) electrons. The summed E-state index contributed by atoms with van der Waals surface area (Å²) in [5.74, 6) is 0.190. The maximum Gasteiger partial charge on any atom is 0.257 e. The Morgan fingerprint density at radius 1 is 1.32 bits per heavy atom. The Labute approximate surface area is 117 Å². The largest absolute Gasteiger partial charge is 0.322 e. The lowest BCUT2D eigenvalue weighted by molar-refractivity contribution is 0.102. The smallest absolute Gasteiger partial charge is 0.257 e. The van der Waals surface area contributed by atoms with Crippen LogP contribution in [0.2, 0.25) is 5.02 Å². The van der Waals surface area contributed by atoms with E-state index >= 15 is 0 Å². The molecule has 0 saturated heterocycles. The average Bonchev–Trinajstić information content (AvgIpc) is 2.39. The van der Waals surface area contributed by atoms with Crippen LogP contribution >= 0.6 is 11.6 Å². The van der Waals surface area contributed by atoms with E-state index in [-0.39, 0.29) is 5.91 Å². The van der Waals surface area contributed by atoms with Crippen LogP contribution in [0.3, 0.4) is 0 Å². The fourth-order valence-corrected chi connectivity index (χ4v) is 1.94. The molecule has 3 nitrogen and oxygen atoms in total. The minimum Gasteiger partial charge on any atom is -0.322 e. The summed E-state index contributed by atoms with van der Waals surface area (Å²) < 4.78 is 0. The second-order valence-electron chi connectivity index (χ2n) is 4.59. The lowest BCUT2D eigenvalue weighted by Gasteiger charge is -2.10. The minimum absolute atomic E-state index is 0.228. The Kier molecular flexibility index (Phi) is 4.17. The molecule has 0 aliphatic heterocycles. The highest BCUT2D eigenvalue weighted by Crippen LogP contribution is 2.20. The number of carbonyl (C=O) groups is 1. The van der Waals surface area contributed by atoms with E-state index in [4.69, 9.17) is 11.6 Å². The summed E-state index contributed by atoms with van der Waals surface area (Å²) >= 11 is 5.94. The molecule has 4 heteroatoms. The quantitative estimate of drug-likeness (QED) is 0.915. The molecule has 1 aromatic carbocycles. The molecule has 1 heterocycles. The molecule has 2 aromatic rings. The van der Waals surface area contributed by atoms with Crippen LogP contribution in [0.25, 0.3) is 0 Å². The molecular formula is C15H15ClN2O. The number of carbonyl (C=O) groups excluding carboxylic acids is 1. The van der Waals surface area contributed by atoms with Crippen LogP contribution in [-0.4, -0.2) is 10.9 Å². The van der Waals surface area contributed by atoms with Gasteiger partial charge >= 0.3 is 0 Å². The van der Waals surface area contributed by atoms with Crippen molar-refractivity contribution in [1.29, 1.82) is 0 Å². The van der Waals surface area contributed by atoms with Crippen LogP contribution in [0, 0.1) is 0 Å². The number of anilines is 1. The van der Waals surface area contributed by atoms with Crippen molar-refractivity contribution in [1.82, 2.24) is 4.98 Å². The van der Waals surface area contributed by atoms with Crippen LogP contribution in [0.1, 0.15) is 35.7 Å². The average molecular weight is 275 g/mol. The molecule has 2 rings (SSSR count). The molecule has 0 aliphatic rings. The number of hydrogen-bond donors (Lipinski definition) is 1. The molecule has 98 valence electrons. The highest BCUT2D eigenvalue weighted by molar-refractivity contribution is 6.34. The van der Waals surface area contributed by atoms with Crippen molar-refractivity contribution in [2.24, 2.45) is 0 Å². The molecule has 1 aromatic heterocycles. The Bertz CT molecular complexity index is 596. The van der Waals surface area contributed by atoms with Crippen molar-refractivity contribution in [3.8, 4) is 0 Å². The van der Waals surface area contributed by atoms with Crippen LogP contribution in [0.15, 0.2) is 42.7 Å². The van der Waals surface area contributed by atoms with Crippen LogP contribution in [0.4, 0.5) is 5.69 Å². The Hall–Kier alpha value is -1.87. The van der Waals surface area contributed by atoms with Gasteiger partial charge in [-0.05, 0) is 29.7 Å². The maximum absolute atomic E-state index is 12.1. The molecule has 1 N–H and O–H groups in total. The molecule has 19 heavy (non-hydrogen) atoms. The molecule has 0 aliphatic carbocycles. The van der Waals surface area contributed by atoms with Crippen molar-refractivity contribution in [3.63, 3.8) is 0 Å². The van der Waals surface area contributed by atoms with Gasteiger partial charge in [0, 0.05) is 18.1 Å². The Balaban J connectivity index is 2.20. The molecule has 0 spiro atoms. The van der Waals surface area contributed by atoms with E-state index in [0.29, 0.717) is 16.5 Å². The summed E-state index contributed by atoms with van der Waals surface area (Å²) in [5.41, 5.74) is 2.37. The number of benzene rings is 1. The monoisotopic (exact) mass is 274 g/mol. The first-order valence-electron chi connectivity index (χ1n) is 6.08. The summed E-state index contributed by atoms with van der Waals surface area (Å²) in [6, 6.07) is 9.40. The van der Waals surface area contributed by atoms with Gasteiger partial charge in [-0.2, -0.15) is 0 Å². The lowest BCUT2D eigenvalue weighted by atomic mass is 10.0. The van der Waals surface area contributed by atoms with Crippen LogP contribution in [-0.2, 0) is 0 Å². The standard InChI is InChI=1S/C15H15ClN2O/c1-10(2)11-4-3-5-12(8-11)18-15(19)13-6-7-17-9-14(13)16/h3-10H,1-2H3,(H,18,19). The van der Waals surface area contributed by atoms with E-state index in [1.54, 1.807) is 12.3 Å². The molecule has 0 fully saturated rings. The number of rotatable bonds is 3. The van der Waals surface area contributed by atoms with Gasteiger partial charge in [-0.1, -0.05) is 37.6 Å². The van der Waals surface area contributed by atoms with Gasteiger partial charge in [-0.15, -0.1) is 0 Å². The summed E-state index contributed by atoms with van der Waals surface area (Å²) in [7, 11) is 0. The van der Waals surface area contributed by atoms with E-state index in [1.807, 2.05) is 24.3 Å². The molecule has 0 atom stereocenters. The van der Waals surface area contributed by atoms with Gasteiger partial charge < -0.3 is 5.32 Å². The summed E-state index contributed by atoms with van der Waals surface area (Å²) in [6.07, 6.45) is 3.01. The molecule has 0 saturated carbocycles. The van der Waals surface area contributed by atoms with Gasteiger partial charge in [0.2, 0.25) is 0 Å².